The maximum absolute atomic E-state index is 13.2. The van der Waals surface area contributed by atoms with E-state index in [1.807, 2.05) is 39.8 Å². The molecule has 2 aromatic carbocycles. The molecule has 0 radical (unpaired) electrons. The summed E-state index contributed by atoms with van der Waals surface area (Å²) in [6.45, 7) is 7.71. The van der Waals surface area contributed by atoms with Crippen LogP contribution in [0.15, 0.2) is 48.0 Å². The lowest BCUT2D eigenvalue weighted by Gasteiger charge is -2.26. The second-order valence-electron chi connectivity index (χ2n) is 7.72. The lowest BCUT2D eigenvalue weighted by Crippen LogP contribution is -2.54. The summed E-state index contributed by atoms with van der Waals surface area (Å²) in [6.07, 6.45) is 1.49. The van der Waals surface area contributed by atoms with Gasteiger partial charge in [0.25, 0.3) is 11.8 Å². The van der Waals surface area contributed by atoms with E-state index in [9.17, 15) is 14.4 Å². The number of hydrogen-bond donors (Lipinski definition) is 1. The number of amides is 4. The number of rotatable bonds is 3. The van der Waals surface area contributed by atoms with E-state index in [1.54, 1.807) is 22.9 Å². The van der Waals surface area contributed by atoms with Crippen molar-refractivity contribution in [2.45, 2.75) is 27.7 Å². The Bertz CT molecular complexity index is 1320. The summed E-state index contributed by atoms with van der Waals surface area (Å²) < 4.78 is 1.79. The number of carbonyl (C=O) groups excluding carboxylic acids is 3. The minimum absolute atomic E-state index is 0.157. The van der Waals surface area contributed by atoms with Crippen molar-refractivity contribution in [2.75, 3.05) is 4.90 Å². The van der Waals surface area contributed by atoms with Crippen molar-refractivity contribution in [1.82, 2.24) is 15.1 Å². The zero-order chi connectivity index (χ0) is 23.2. The zero-order valence-electron chi connectivity index (χ0n) is 18.1. The van der Waals surface area contributed by atoms with Crippen molar-refractivity contribution >= 4 is 41.2 Å². The van der Waals surface area contributed by atoms with Gasteiger partial charge in [-0.05, 0) is 63.6 Å². The Kier molecular flexibility index (Phi) is 5.44. The van der Waals surface area contributed by atoms with Crippen molar-refractivity contribution in [3.05, 3.63) is 81.1 Å². The van der Waals surface area contributed by atoms with Crippen LogP contribution < -0.4 is 10.2 Å². The number of carbonyl (C=O) groups is 3. The lowest BCUT2D eigenvalue weighted by atomic mass is 10.1. The lowest BCUT2D eigenvalue weighted by molar-refractivity contribution is -0.122. The number of benzene rings is 2. The third-order valence-electron chi connectivity index (χ3n) is 5.38. The number of nitrogens with zero attached hydrogens (tertiary/aromatic N) is 3. The zero-order valence-corrected chi connectivity index (χ0v) is 18.8. The number of aryl methyl sites for hydroxylation is 3. The van der Waals surface area contributed by atoms with Gasteiger partial charge in [-0.3, -0.25) is 14.9 Å². The third kappa shape index (κ3) is 3.71. The Labute approximate surface area is 190 Å². The van der Waals surface area contributed by atoms with E-state index in [1.165, 1.54) is 12.1 Å². The second kappa shape index (κ2) is 8.09. The van der Waals surface area contributed by atoms with E-state index >= 15 is 0 Å². The summed E-state index contributed by atoms with van der Waals surface area (Å²) in [5.74, 6) is -1.48. The molecule has 0 spiro atoms. The standard InChI is InChI=1S/C24H21ClN4O3/c1-13-8-9-21(14(2)10-13)29-16(4)19(15(3)27-29)12-20-22(30)26-24(32)28(23(20)31)18-7-5-6-17(25)11-18/h5-12H,1-4H3,(H,26,30,32)/b20-12-. The molecule has 0 aliphatic carbocycles. The number of anilines is 1. The molecule has 0 atom stereocenters. The molecule has 0 unspecified atom stereocenters. The van der Waals surface area contributed by atoms with Crippen LogP contribution in [0.1, 0.15) is 28.1 Å². The highest BCUT2D eigenvalue weighted by Crippen LogP contribution is 2.27. The van der Waals surface area contributed by atoms with E-state index in [0.717, 1.165) is 27.4 Å². The molecule has 1 aliphatic heterocycles. The van der Waals surface area contributed by atoms with Crippen molar-refractivity contribution in [2.24, 2.45) is 0 Å². The van der Waals surface area contributed by atoms with Gasteiger partial charge in [-0.25, -0.2) is 14.4 Å². The predicted octanol–water partition coefficient (Wildman–Crippen LogP) is 4.43. The van der Waals surface area contributed by atoms with Crippen LogP contribution in [0.4, 0.5) is 10.5 Å². The molecular weight excluding hydrogens is 428 g/mol. The van der Waals surface area contributed by atoms with Crippen LogP contribution in [0.5, 0.6) is 0 Å². The van der Waals surface area contributed by atoms with Gasteiger partial charge in [-0.1, -0.05) is 35.4 Å². The fourth-order valence-corrected chi connectivity index (χ4v) is 3.98. The van der Waals surface area contributed by atoms with Crippen LogP contribution in [0, 0.1) is 27.7 Å². The van der Waals surface area contributed by atoms with Gasteiger partial charge in [0, 0.05) is 16.3 Å². The van der Waals surface area contributed by atoms with Gasteiger partial charge in [-0.2, -0.15) is 5.10 Å². The molecular formula is C24H21ClN4O3. The van der Waals surface area contributed by atoms with Gasteiger partial charge < -0.3 is 0 Å². The Hall–Kier alpha value is -3.71. The first-order valence-electron chi connectivity index (χ1n) is 9.98. The predicted molar refractivity (Wildman–Crippen MR) is 123 cm³/mol. The molecule has 1 N–H and O–H groups in total. The van der Waals surface area contributed by atoms with Crippen molar-refractivity contribution in [3.8, 4) is 5.69 Å². The van der Waals surface area contributed by atoms with E-state index in [2.05, 4.69) is 16.5 Å². The fraction of sp³-hybridized carbons (Fsp3) is 0.167. The number of halogens is 1. The number of urea groups is 1. The first kappa shape index (κ1) is 21.5. The molecule has 0 bridgehead atoms. The van der Waals surface area contributed by atoms with E-state index in [-0.39, 0.29) is 11.3 Å². The van der Waals surface area contributed by atoms with Crippen LogP contribution in [-0.2, 0) is 9.59 Å². The van der Waals surface area contributed by atoms with Crippen LogP contribution in [-0.4, -0.2) is 27.6 Å². The molecule has 2 heterocycles. The molecule has 0 saturated carbocycles. The average Bonchev–Trinajstić information content (AvgIpc) is 2.98. The summed E-state index contributed by atoms with van der Waals surface area (Å²) in [4.78, 5) is 39.0. The Morgan fingerprint density at radius 1 is 1.00 bits per heavy atom. The topological polar surface area (TPSA) is 84.3 Å². The highest BCUT2D eigenvalue weighted by molar-refractivity contribution is 6.39. The molecule has 1 saturated heterocycles. The van der Waals surface area contributed by atoms with Crippen LogP contribution in [0.2, 0.25) is 5.02 Å². The summed E-state index contributed by atoms with van der Waals surface area (Å²) in [6, 6.07) is 11.6. The number of hydrogen-bond acceptors (Lipinski definition) is 4. The normalized spacial score (nSPS) is 15.5. The largest absolute Gasteiger partial charge is 0.335 e. The Morgan fingerprint density at radius 2 is 1.75 bits per heavy atom. The summed E-state index contributed by atoms with van der Waals surface area (Å²) in [7, 11) is 0. The van der Waals surface area contributed by atoms with Crippen LogP contribution in [0.3, 0.4) is 0 Å². The van der Waals surface area contributed by atoms with Crippen LogP contribution in [0.25, 0.3) is 11.8 Å². The summed E-state index contributed by atoms with van der Waals surface area (Å²) >= 11 is 6.02. The van der Waals surface area contributed by atoms with Crippen molar-refractivity contribution in [1.29, 1.82) is 0 Å². The Morgan fingerprint density at radius 3 is 2.44 bits per heavy atom. The summed E-state index contributed by atoms with van der Waals surface area (Å²) in [5, 5.41) is 7.22. The maximum Gasteiger partial charge on any atom is 0.335 e. The monoisotopic (exact) mass is 448 g/mol. The molecule has 3 aromatic rings. The molecule has 1 aliphatic rings. The molecule has 32 heavy (non-hydrogen) atoms. The minimum atomic E-state index is -0.821. The molecule has 1 fully saturated rings. The SMILES string of the molecule is Cc1ccc(-n2nc(C)c(/C=C3/C(=O)NC(=O)N(c4cccc(Cl)c4)C3=O)c2C)c(C)c1. The molecule has 162 valence electrons. The average molecular weight is 449 g/mol. The van der Waals surface area contributed by atoms with Crippen molar-refractivity contribution < 1.29 is 14.4 Å². The Balaban J connectivity index is 1.79. The highest BCUT2D eigenvalue weighted by Gasteiger charge is 2.37. The third-order valence-corrected chi connectivity index (χ3v) is 5.62. The molecule has 8 heteroatoms. The van der Waals surface area contributed by atoms with E-state index in [4.69, 9.17) is 11.6 Å². The fourth-order valence-electron chi connectivity index (χ4n) is 3.79. The number of imide groups is 2. The van der Waals surface area contributed by atoms with Gasteiger partial charge in [0.05, 0.1) is 17.1 Å². The molecule has 7 nitrogen and oxygen atoms in total. The summed E-state index contributed by atoms with van der Waals surface area (Å²) in [5.41, 5.74) is 5.30. The molecule has 1 aromatic heterocycles. The smallest absolute Gasteiger partial charge is 0.273 e. The van der Waals surface area contributed by atoms with Gasteiger partial charge in [0.2, 0.25) is 0 Å². The number of nitrogens with one attached hydrogen (secondary N) is 1. The number of aromatic nitrogens is 2. The quantitative estimate of drug-likeness (QED) is 0.474. The van der Waals surface area contributed by atoms with Gasteiger partial charge in [-0.15, -0.1) is 0 Å². The maximum atomic E-state index is 13.2. The van der Waals surface area contributed by atoms with Crippen LogP contribution >= 0.6 is 11.6 Å². The first-order chi connectivity index (χ1) is 15.2. The highest BCUT2D eigenvalue weighted by atomic mass is 35.5. The van der Waals surface area contributed by atoms with Gasteiger partial charge in [0.15, 0.2) is 0 Å². The molecule has 4 rings (SSSR count). The van der Waals surface area contributed by atoms with E-state index in [0.29, 0.717) is 16.3 Å². The van der Waals surface area contributed by atoms with Gasteiger partial charge >= 0.3 is 6.03 Å². The van der Waals surface area contributed by atoms with E-state index < -0.39 is 17.8 Å². The number of barbiturate groups is 1. The van der Waals surface area contributed by atoms with Crippen molar-refractivity contribution in [3.63, 3.8) is 0 Å². The van der Waals surface area contributed by atoms with Gasteiger partial charge in [0.1, 0.15) is 5.57 Å². The second-order valence-corrected chi connectivity index (χ2v) is 8.16. The minimum Gasteiger partial charge on any atom is -0.273 e. The molecule has 4 amide bonds. The first-order valence-corrected chi connectivity index (χ1v) is 10.4.